The molecule has 0 radical (unpaired) electrons. The van der Waals surface area contributed by atoms with E-state index in [1.165, 1.54) is 11.3 Å². The van der Waals surface area contributed by atoms with Gasteiger partial charge in [0.25, 0.3) is 5.56 Å². The monoisotopic (exact) mass is 549 g/mol. The molecule has 2 aliphatic rings. The van der Waals surface area contributed by atoms with Crippen LogP contribution in [0.2, 0.25) is 0 Å². The summed E-state index contributed by atoms with van der Waals surface area (Å²) in [6.07, 6.45) is 14.3. The molecule has 0 bridgehead atoms. The summed E-state index contributed by atoms with van der Waals surface area (Å²) in [5, 5.41) is 6.66. The maximum absolute atomic E-state index is 13.9. The molecule has 4 aromatic heterocycles. The van der Waals surface area contributed by atoms with E-state index in [2.05, 4.69) is 56.5 Å². The van der Waals surface area contributed by atoms with E-state index in [1.807, 2.05) is 46.5 Å². The van der Waals surface area contributed by atoms with E-state index >= 15 is 0 Å². The van der Waals surface area contributed by atoms with Crippen molar-refractivity contribution >= 4 is 39.4 Å². The molecule has 0 saturated carbocycles. The Hall–Kier alpha value is -4.38. The first-order chi connectivity index (χ1) is 19.6. The lowest BCUT2D eigenvalue weighted by Crippen LogP contribution is -2.35. The molecular formula is C30H27N7O2S. The summed E-state index contributed by atoms with van der Waals surface area (Å²) in [7, 11) is 2.11. The van der Waals surface area contributed by atoms with Crippen LogP contribution in [-0.4, -0.2) is 55.7 Å². The van der Waals surface area contributed by atoms with Gasteiger partial charge in [-0.3, -0.25) is 9.36 Å². The number of hydrogen-bond donors (Lipinski definition) is 1. The normalized spacial score (nSPS) is 17.4. The summed E-state index contributed by atoms with van der Waals surface area (Å²) >= 11 is 1.41. The highest BCUT2D eigenvalue weighted by atomic mass is 32.1. The number of benzene rings is 1. The summed E-state index contributed by atoms with van der Waals surface area (Å²) < 4.78 is 9.53. The predicted octanol–water partition coefficient (Wildman–Crippen LogP) is 5.25. The predicted molar refractivity (Wildman–Crippen MR) is 158 cm³/mol. The number of hydrogen-bond acceptors (Lipinski definition) is 8. The van der Waals surface area contributed by atoms with E-state index in [4.69, 9.17) is 4.74 Å². The van der Waals surface area contributed by atoms with Gasteiger partial charge in [0.1, 0.15) is 5.82 Å². The van der Waals surface area contributed by atoms with Crippen molar-refractivity contribution < 1.29 is 4.74 Å². The van der Waals surface area contributed by atoms with Gasteiger partial charge in [-0.2, -0.15) is 0 Å². The molecule has 1 saturated heterocycles. The Morgan fingerprint density at radius 1 is 1.12 bits per heavy atom. The summed E-state index contributed by atoms with van der Waals surface area (Å²) in [6, 6.07) is 12.0. The van der Waals surface area contributed by atoms with Crippen LogP contribution in [0.1, 0.15) is 18.1 Å². The lowest BCUT2D eigenvalue weighted by molar-refractivity contribution is -0.0208. The number of likely N-dealkylation sites (N-methyl/N-ethyl adjacent to an activating group) is 1. The van der Waals surface area contributed by atoms with Crippen LogP contribution in [0, 0.1) is 0 Å². The van der Waals surface area contributed by atoms with Gasteiger partial charge in [0.15, 0.2) is 5.13 Å². The fourth-order valence-corrected chi connectivity index (χ4v) is 5.78. The molecule has 200 valence electrons. The second-order valence-corrected chi connectivity index (χ2v) is 10.8. The van der Waals surface area contributed by atoms with Gasteiger partial charge < -0.3 is 19.5 Å². The number of ether oxygens (including phenoxy) is 1. The van der Waals surface area contributed by atoms with Crippen LogP contribution in [0.3, 0.4) is 0 Å². The Labute approximate surface area is 234 Å². The van der Waals surface area contributed by atoms with Crippen molar-refractivity contribution in [2.75, 3.05) is 32.1 Å². The van der Waals surface area contributed by atoms with Gasteiger partial charge in [0.05, 0.1) is 35.8 Å². The van der Waals surface area contributed by atoms with Crippen LogP contribution in [0.15, 0.2) is 89.7 Å². The van der Waals surface area contributed by atoms with Crippen molar-refractivity contribution in [3.63, 3.8) is 0 Å². The Morgan fingerprint density at radius 2 is 2.02 bits per heavy atom. The highest BCUT2D eigenvalue weighted by molar-refractivity contribution is 7.12. The maximum Gasteiger partial charge on any atom is 0.266 e. The van der Waals surface area contributed by atoms with E-state index in [1.54, 1.807) is 23.3 Å². The summed E-state index contributed by atoms with van der Waals surface area (Å²) in [5.74, 6) is 0.635. The van der Waals surface area contributed by atoms with Crippen LogP contribution in [0.5, 0.6) is 0 Å². The first-order valence-corrected chi connectivity index (χ1v) is 14.0. The molecular weight excluding hydrogens is 522 g/mol. The lowest BCUT2D eigenvalue weighted by Gasteiger charge is -2.30. The lowest BCUT2D eigenvalue weighted by atomic mass is 10.1. The number of aromatic nitrogens is 5. The fraction of sp³-hybridized carbons (Fsp3) is 0.200. The minimum atomic E-state index is -0.178. The van der Waals surface area contributed by atoms with E-state index in [0.29, 0.717) is 22.2 Å². The molecule has 7 rings (SSSR count). The molecule has 1 aromatic carbocycles. The highest BCUT2D eigenvalue weighted by Gasteiger charge is 2.20. The molecule has 5 heterocycles. The maximum atomic E-state index is 13.9. The fourth-order valence-electron chi connectivity index (χ4n) is 5.12. The third kappa shape index (κ3) is 4.66. The SMILES string of the molecule is CN1CCOC(c2ccc(Nc3cc4c(cn3)cc(-c3cn(C5=CCC=C5)cn3)c(=O)n4-c3nccs3)cc2)C1. The van der Waals surface area contributed by atoms with Crippen molar-refractivity contribution in [1.29, 1.82) is 0 Å². The topological polar surface area (TPSA) is 90.1 Å². The Bertz CT molecular complexity index is 1800. The van der Waals surface area contributed by atoms with Crippen molar-refractivity contribution in [3.05, 3.63) is 101 Å². The van der Waals surface area contributed by atoms with Gasteiger partial charge in [0.2, 0.25) is 0 Å². The zero-order valence-electron chi connectivity index (χ0n) is 21.9. The zero-order valence-corrected chi connectivity index (χ0v) is 22.7. The smallest absolute Gasteiger partial charge is 0.266 e. The van der Waals surface area contributed by atoms with E-state index in [-0.39, 0.29) is 11.7 Å². The quantitative estimate of drug-likeness (QED) is 0.309. The van der Waals surface area contributed by atoms with Crippen LogP contribution in [-0.2, 0) is 4.74 Å². The number of nitrogens with one attached hydrogen (secondary N) is 1. The Kier molecular flexibility index (Phi) is 6.35. The molecule has 1 fully saturated rings. The van der Waals surface area contributed by atoms with Gasteiger partial charge in [-0.05, 0) is 43.3 Å². The van der Waals surface area contributed by atoms with Crippen LogP contribution >= 0.6 is 11.3 Å². The van der Waals surface area contributed by atoms with Gasteiger partial charge in [0, 0.05) is 59.9 Å². The van der Waals surface area contributed by atoms with Gasteiger partial charge in [-0.25, -0.2) is 15.0 Å². The molecule has 10 heteroatoms. The second-order valence-electron chi connectivity index (χ2n) is 9.94. The molecule has 5 aromatic rings. The number of nitrogens with zero attached hydrogens (tertiary/aromatic N) is 6. The molecule has 1 unspecified atom stereocenters. The average Bonchev–Trinajstić information content (AvgIpc) is 3.76. The van der Waals surface area contributed by atoms with E-state index in [9.17, 15) is 4.79 Å². The van der Waals surface area contributed by atoms with E-state index < -0.39 is 0 Å². The van der Waals surface area contributed by atoms with E-state index in [0.717, 1.165) is 54.0 Å². The molecule has 1 N–H and O–H groups in total. The number of rotatable bonds is 6. The van der Waals surface area contributed by atoms with Crippen molar-refractivity contribution in [2.45, 2.75) is 12.5 Å². The molecule has 1 aliphatic carbocycles. The first-order valence-electron chi connectivity index (χ1n) is 13.2. The minimum Gasteiger partial charge on any atom is -0.371 e. The number of anilines is 2. The summed E-state index contributed by atoms with van der Waals surface area (Å²) in [5.41, 5.74) is 4.74. The van der Waals surface area contributed by atoms with Crippen molar-refractivity contribution in [1.82, 2.24) is 29.0 Å². The largest absolute Gasteiger partial charge is 0.371 e. The van der Waals surface area contributed by atoms with Gasteiger partial charge in [-0.1, -0.05) is 24.3 Å². The second kappa shape index (κ2) is 10.3. The number of imidazole rings is 1. The Balaban J connectivity index is 1.24. The van der Waals surface area contributed by atoms with Gasteiger partial charge in [-0.15, -0.1) is 11.3 Å². The standard InChI is InChI=1S/C30H27N7O2S/c1-35-11-12-39-27(18-35)20-6-8-22(9-7-20)34-28-15-26-21(16-32-28)14-24(29(38)37(26)30-31-10-13-40-30)25-17-36(19-33-25)23-4-2-3-5-23/h2,4-10,13-17,19,27H,3,11-12,18H2,1H3,(H,32,34). The summed E-state index contributed by atoms with van der Waals surface area (Å²) in [4.78, 5) is 29.8. The molecule has 40 heavy (non-hydrogen) atoms. The number of thiazole rings is 1. The number of pyridine rings is 2. The average molecular weight is 550 g/mol. The molecule has 1 atom stereocenters. The van der Waals surface area contributed by atoms with Crippen molar-refractivity contribution in [3.8, 4) is 16.4 Å². The molecule has 1 aliphatic heterocycles. The molecule has 0 spiro atoms. The molecule has 9 nitrogen and oxygen atoms in total. The van der Waals surface area contributed by atoms with Gasteiger partial charge >= 0.3 is 0 Å². The summed E-state index contributed by atoms with van der Waals surface area (Å²) in [6.45, 7) is 2.57. The zero-order chi connectivity index (χ0) is 27.1. The highest BCUT2D eigenvalue weighted by Crippen LogP contribution is 2.28. The van der Waals surface area contributed by atoms with Crippen LogP contribution < -0.4 is 10.9 Å². The minimum absolute atomic E-state index is 0.0752. The Morgan fingerprint density at radius 3 is 2.80 bits per heavy atom. The molecule has 0 amide bonds. The van der Waals surface area contributed by atoms with Crippen molar-refractivity contribution in [2.24, 2.45) is 0 Å². The van der Waals surface area contributed by atoms with Crippen LogP contribution in [0.4, 0.5) is 11.5 Å². The number of morpholine rings is 1. The first kappa shape index (κ1) is 24.6. The number of fused-ring (bicyclic) bond motifs is 1. The number of allylic oxidation sites excluding steroid dienone is 4. The third-order valence-electron chi connectivity index (χ3n) is 7.23. The third-order valence-corrected chi connectivity index (χ3v) is 7.99. The van der Waals surface area contributed by atoms with Crippen LogP contribution in [0.25, 0.3) is 33.0 Å².